The molecular formula is C12H10Cl2N4O3. The fourth-order valence-corrected chi connectivity index (χ4v) is 2.04. The van der Waals surface area contributed by atoms with Crippen LogP contribution in [0.5, 0.6) is 0 Å². The largest absolute Gasteiger partial charge is 0.476 e. The Hall–Kier alpha value is -2.12. The fourth-order valence-electron chi connectivity index (χ4n) is 1.57. The van der Waals surface area contributed by atoms with Crippen LogP contribution in [0.3, 0.4) is 0 Å². The molecule has 0 saturated heterocycles. The van der Waals surface area contributed by atoms with Crippen LogP contribution in [-0.2, 0) is 11.3 Å². The molecule has 1 amide bonds. The van der Waals surface area contributed by atoms with Crippen molar-refractivity contribution < 1.29 is 14.7 Å². The second-order valence-corrected chi connectivity index (χ2v) is 4.99. The summed E-state index contributed by atoms with van der Waals surface area (Å²) in [5.74, 6) is -1.67. The lowest BCUT2D eigenvalue weighted by Gasteiger charge is -2.10. The normalized spacial score (nSPS) is 10.4. The van der Waals surface area contributed by atoms with Gasteiger partial charge >= 0.3 is 5.97 Å². The molecule has 1 aromatic heterocycles. The molecule has 21 heavy (non-hydrogen) atoms. The Labute approximate surface area is 129 Å². The van der Waals surface area contributed by atoms with E-state index < -0.39 is 11.9 Å². The van der Waals surface area contributed by atoms with Gasteiger partial charge in [-0.3, -0.25) is 4.79 Å². The van der Waals surface area contributed by atoms with E-state index in [0.717, 1.165) is 16.4 Å². The summed E-state index contributed by atoms with van der Waals surface area (Å²) in [4.78, 5) is 22.6. The molecule has 110 valence electrons. The maximum absolute atomic E-state index is 11.9. The van der Waals surface area contributed by atoms with E-state index in [1.807, 2.05) is 0 Å². The molecule has 0 radical (unpaired) electrons. The lowest BCUT2D eigenvalue weighted by atomic mass is 10.2. The lowest BCUT2D eigenvalue weighted by molar-refractivity contribution is -0.116. The number of aromatic nitrogens is 3. The molecule has 0 spiro atoms. The minimum atomic E-state index is -1.22. The molecule has 0 aliphatic heterocycles. The highest BCUT2D eigenvalue weighted by atomic mass is 35.5. The monoisotopic (exact) mass is 328 g/mol. The van der Waals surface area contributed by atoms with Crippen molar-refractivity contribution in [3.05, 3.63) is 39.6 Å². The van der Waals surface area contributed by atoms with Crippen LogP contribution < -0.4 is 5.32 Å². The fraction of sp³-hybridized carbons (Fsp3) is 0.167. The van der Waals surface area contributed by atoms with Gasteiger partial charge in [0.05, 0.1) is 21.9 Å². The summed E-state index contributed by atoms with van der Waals surface area (Å²) in [6.45, 7) is 1.58. The summed E-state index contributed by atoms with van der Waals surface area (Å²) in [6.07, 6.45) is 1.15. The Kier molecular flexibility index (Phi) is 4.44. The summed E-state index contributed by atoms with van der Waals surface area (Å²) >= 11 is 12.1. The van der Waals surface area contributed by atoms with Crippen molar-refractivity contribution >= 4 is 40.8 Å². The number of carboxylic acids is 1. The number of benzene rings is 1. The third-order valence-electron chi connectivity index (χ3n) is 2.61. The number of hydrogen-bond donors (Lipinski definition) is 2. The number of nitrogens with zero attached hydrogens (tertiary/aromatic N) is 3. The van der Waals surface area contributed by atoms with Crippen LogP contribution in [0.15, 0.2) is 18.3 Å². The first-order valence-corrected chi connectivity index (χ1v) is 6.52. The number of anilines is 1. The lowest BCUT2D eigenvalue weighted by Crippen LogP contribution is -2.19. The molecule has 0 atom stereocenters. The Balaban J connectivity index is 2.11. The van der Waals surface area contributed by atoms with Crippen molar-refractivity contribution in [1.82, 2.24) is 15.0 Å². The second kappa shape index (κ2) is 6.11. The maximum Gasteiger partial charge on any atom is 0.358 e. The van der Waals surface area contributed by atoms with Crippen LogP contribution in [0.4, 0.5) is 5.69 Å². The predicted molar refractivity (Wildman–Crippen MR) is 76.8 cm³/mol. The first kappa shape index (κ1) is 15.3. The average molecular weight is 329 g/mol. The number of nitrogens with one attached hydrogen (secondary N) is 1. The van der Waals surface area contributed by atoms with Gasteiger partial charge in [0.1, 0.15) is 6.54 Å². The van der Waals surface area contributed by atoms with Crippen molar-refractivity contribution in [2.75, 3.05) is 5.32 Å². The summed E-state index contributed by atoms with van der Waals surface area (Å²) in [5.41, 5.74) is 0.835. The van der Waals surface area contributed by atoms with Crippen LogP contribution in [0.25, 0.3) is 0 Å². The standard InChI is InChI=1S/C12H10Cl2N4O3/c1-6-2-3-7(13)11(10(6)14)15-9(19)5-18-4-8(12(20)21)16-17-18/h2-4H,5H2,1H3,(H,15,19)(H,20,21). The molecule has 0 aliphatic rings. The van der Waals surface area contributed by atoms with Gasteiger partial charge in [0.25, 0.3) is 0 Å². The van der Waals surface area contributed by atoms with E-state index in [4.69, 9.17) is 28.3 Å². The van der Waals surface area contributed by atoms with Crippen molar-refractivity contribution in [3.8, 4) is 0 Å². The highest BCUT2D eigenvalue weighted by Gasteiger charge is 2.14. The van der Waals surface area contributed by atoms with E-state index >= 15 is 0 Å². The molecule has 0 aliphatic carbocycles. The Morgan fingerprint density at radius 3 is 2.71 bits per heavy atom. The number of hydrogen-bond acceptors (Lipinski definition) is 4. The summed E-state index contributed by atoms with van der Waals surface area (Å²) in [7, 11) is 0. The number of amides is 1. The maximum atomic E-state index is 11.9. The first-order valence-electron chi connectivity index (χ1n) is 5.76. The van der Waals surface area contributed by atoms with Gasteiger partial charge in [0.15, 0.2) is 5.69 Å². The highest BCUT2D eigenvalue weighted by molar-refractivity contribution is 6.40. The number of aryl methyl sites for hydroxylation is 1. The Bertz CT molecular complexity index is 715. The van der Waals surface area contributed by atoms with Crippen LogP contribution in [0, 0.1) is 6.92 Å². The molecule has 0 saturated carbocycles. The number of halogens is 2. The third-order valence-corrected chi connectivity index (χ3v) is 3.41. The molecule has 2 aromatic rings. The quantitative estimate of drug-likeness (QED) is 0.896. The van der Waals surface area contributed by atoms with Gasteiger partial charge in [-0.1, -0.05) is 34.5 Å². The Morgan fingerprint density at radius 1 is 1.38 bits per heavy atom. The second-order valence-electron chi connectivity index (χ2n) is 4.21. The molecular weight excluding hydrogens is 319 g/mol. The SMILES string of the molecule is Cc1ccc(Cl)c(NC(=O)Cn2cc(C(=O)O)nn2)c1Cl. The van der Waals surface area contributed by atoms with Gasteiger partial charge in [-0.15, -0.1) is 5.10 Å². The van der Waals surface area contributed by atoms with Gasteiger partial charge < -0.3 is 10.4 Å². The zero-order valence-electron chi connectivity index (χ0n) is 10.8. The Morgan fingerprint density at radius 2 is 2.10 bits per heavy atom. The minimum absolute atomic E-state index is 0.207. The van der Waals surface area contributed by atoms with Crippen LogP contribution in [0.2, 0.25) is 10.0 Å². The third kappa shape index (κ3) is 3.50. The highest BCUT2D eigenvalue weighted by Crippen LogP contribution is 2.32. The van der Waals surface area contributed by atoms with Gasteiger partial charge in [0.2, 0.25) is 5.91 Å². The molecule has 7 nitrogen and oxygen atoms in total. The van der Waals surface area contributed by atoms with Gasteiger partial charge in [-0.25, -0.2) is 9.48 Å². The van der Waals surface area contributed by atoms with Gasteiger partial charge in [-0.05, 0) is 18.6 Å². The molecule has 1 heterocycles. The van der Waals surface area contributed by atoms with E-state index in [1.165, 1.54) is 0 Å². The summed E-state index contributed by atoms with van der Waals surface area (Å²) < 4.78 is 1.11. The molecule has 0 fully saturated rings. The van der Waals surface area contributed by atoms with E-state index in [2.05, 4.69) is 15.6 Å². The number of carbonyl (C=O) groups excluding carboxylic acids is 1. The summed E-state index contributed by atoms with van der Waals surface area (Å²) in [5, 5.41) is 18.9. The van der Waals surface area contributed by atoms with Crippen molar-refractivity contribution in [1.29, 1.82) is 0 Å². The van der Waals surface area contributed by atoms with Gasteiger partial charge in [0, 0.05) is 0 Å². The predicted octanol–water partition coefficient (Wildman–Crippen LogP) is 2.23. The van der Waals surface area contributed by atoms with E-state index in [9.17, 15) is 9.59 Å². The van der Waals surface area contributed by atoms with E-state index in [-0.39, 0.29) is 12.2 Å². The average Bonchev–Trinajstić information content (AvgIpc) is 2.88. The van der Waals surface area contributed by atoms with Crippen molar-refractivity contribution in [2.45, 2.75) is 13.5 Å². The van der Waals surface area contributed by atoms with Crippen LogP contribution in [0.1, 0.15) is 16.1 Å². The van der Waals surface area contributed by atoms with E-state index in [0.29, 0.717) is 15.7 Å². The smallest absolute Gasteiger partial charge is 0.358 e. The zero-order valence-corrected chi connectivity index (χ0v) is 12.3. The molecule has 0 unspecified atom stereocenters. The number of carboxylic acid groups (broad SMARTS) is 1. The van der Waals surface area contributed by atoms with E-state index in [1.54, 1.807) is 19.1 Å². The van der Waals surface area contributed by atoms with Gasteiger partial charge in [-0.2, -0.15) is 0 Å². The molecule has 2 N–H and O–H groups in total. The zero-order chi connectivity index (χ0) is 15.6. The number of aromatic carboxylic acids is 1. The van der Waals surface area contributed by atoms with Crippen LogP contribution >= 0.6 is 23.2 Å². The minimum Gasteiger partial charge on any atom is -0.476 e. The molecule has 1 aromatic carbocycles. The first-order chi connectivity index (χ1) is 9.88. The molecule has 9 heteroatoms. The number of carbonyl (C=O) groups is 2. The summed E-state index contributed by atoms with van der Waals surface area (Å²) in [6, 6.07) is 3.35. The van der Waals surface area contributed by atoms with Crippen molar-refractivity contribution in [2.24, 2.45) is 0 Å². The topological polar surface area (TPSA) is 97.1 Å². The van der Waals surface area contributed by atoms with Crippen LogP contribution in [-0.4, -0.2) is 32.0 Å². The molecule has 2 rings (SSSR count). The molecule has 0 bridgehead atoms. The number of rotatable bonds is 4. The van der Waals surface area contributed by atoms with Crippen molar-refractivity contribution in [3.63, 3.8) is 0 Å².